The Morgan fingerprint density at radius 1 is 1.19 bits per heavy atom. The van der Waals surface area contributed by atoms with Gasteiger partial charge in [-0.05, 0) is 64.5 Å². The van der Waals surface area contributed by atoms with Gasteiger partial charge in [0, 0.05) is 12.6 Å². The summed E-state index contributed by atoms with van der Waals surface area (Å²) in [6.07, 6.45) is 2.64. The van der Waals surface area contributed by atoms with Crippen LogP contribution in [0.25, 0.3) is 0 Å². The Hall–Kier alpha value is -1.32. The molecular formula is C18H20BrNO. The van der Waals surface area contributed by atoms with Crippen LogP contribution in [0, 0.1) is 6.92 Å². The van der Waals surface area contributed by atoms with Crippen molar-refractivity contribution in [3.8, 4) is 5.75 Å². The van der Waals surface area contributed by atoms with E-state index in [1.54, 1.807) is 0 Å². The van der Waals surface area contributed by atoms with E-state index in [0.29, 0.717) is 6.61 Å². The molecule has 1 aliphatic carbocycles. The smallest absolute Gasteiger partial charge is 0.134 e. The lowest BCUT2D eigenvalue weighted by atomic mass is 10.1. The predicted octanol–water partition coefficient (Wildman–Crippen LogP) is 4.59. The molecule has 0 bridgehead atoms. The predicted molar refractivity (Wildman–Crippen MR) is 89.5 cm³/mol. The van der Waals surface area contributed by atoms with Crippen LogP contribution < -0.4 is 10.1 Å². The van der Waals surface area contributed by atoms with Crippen LogP contribution in [0.1, 0.15) is 29.5 Å². The van der Waals surface area contributed by atoms with Crippen molar-refractivity contribution in [1.29, 1.82) is 0 Å². The molecule has 0 amide bonds. The van der Waals surface area contributed by atoms with Gasteiger partial charge in [0.2, 0.25) is 0 Å². The van der Waals surface area contributed by atoms with Gasteiger partial charge in [0.05, 0.1) is 4.47 Å². The Bertz CT molecular complexity index is 622. The van der Waals surface area contributed by atoms with Crippen LogP contribution in [0.3, 0.4) is 0 Å². The maximum Gasteiger partial charge on any atom is 0.134 e. The summed E-state index contributed by atoms with van der Waals surface area (Å²) < 4.78 is 6.95. The number of benzene rings is 2. The molecule has 3 rings (SSSR count). The molecule has 1 aliphatic rings. The molecule has 0 aromatic heterocycles. The van der Waals surface area contributed by atoms with Crippen LogP contribution in [0.15, 0.2) is 46.9 Å². The highest BCUT2D eigenvalue weighted by atomic mass is 79.9. The molecule has 2 aromatic rings. The molecule has 0 aliphatic heterocycles. The Kier molecular flexibility index (Phi) is 4.61. The van der Waals surface area contributed by atoms with Gasteiger partial charge in [-0.2, -0.15) is 0 Å². The second-order valence-electron chi connectivity index (χ2n) is 5.64. The van der Waals surface area contributed by atoms with Gasteiger partial charge in [-0.15, -0.1) is 0 Å². The van der Waals surface area contributed by atoms with Crippen LogP contribution in [0.4, 0.5) is 0 Å². The molecule has 0 unspecified atom stereocenters. The van der Waals surface area contributed by atoms with Crippen molar-refractivity contribution in [1.82, 2.24) is 5.32 Å². The number of aryl methyl sites for hydroxylation is 1. The zero-order valence-corrected chi connectivity index (χ0v) is 13.8. The molecule has 1 N–H and O–H groups in total. The van der Waals surface area contributed by atoms with E-state index in [9.17, 15) is 0 Å². The highest BCUT2D eigenvalue weighted by molar-refractivity contribution is 9.10. The third kappa shape index (κ3) is 4.08. The third-order valence-electron chi connectivity index (χ3n) is 3.81. The minimum atomic E-state index is 0.602. The fourth-order valence-corrected chi connectivity index (χ4v) is 2.79. The topological polar surface area (TPSA) is 21.3 Å². The highest BCUT2D eigenvalue weighted by Gasteiger charge is 2.20. The summed E-state index contributed by atoms with van der Waals surface area (Å²) in [6.45, 7) is 3.65. The molecule has 1 fully saturated rings. The molecule has 3 heteroatoms. The van der Waals surface area contributed by atoms with E-state index >= 15 is 0 Å². The zero-order valence-electron chi connectivity index (χ0n) is 12.2. The lowest BCUT2D eigenvalue weighted by molar-refractivity contribution is 0.303. The van der Waals surface area contributed by atoms with Crippen molar-refractivity contribution in [3.05, 3.63) is 63.6 Å². The van der Waals surface area contributed by atoms with Crippen molar-refractivity contribution in [2.24, 2.45) is 0 Å². The molecule has 0 spiro atoms. The van der Waals surface area contributed by atoms with Crippen molar-refractivity contribution < 1.29 is 4.74 Å². The summed E-state index contributed by atoms with van der Waals surface area (Å²) >= 11 is 3.61. The summed E-state index contributed by atoms with van der Waals surface area (Å²) in [5.41, 5.74) is 3.78. The Morgan fingerprint density at radius 3 is 2.71 bits per heavy atom. The standard InChI is InChI=1S/C18H20BrNO/c1-13-4-2-3-5-15(13)12-21-18-9-6-14(10-17(18)19)11-20-16-7-8-16/h2-6,9-10,16,20H,7-8,11-12H2,1H3. The van der Waals surface area contributed by atoms with E-state index in [-0.39, 0.29) is 0 Å². The van der Waals surface area contributed by atoms with E-state index in [0.717, 1.165) is 22.8 Å². The Balaban J connectivity index is 1.61. The molecule has 0 atom stereocenters. The summed E-state index contributed by atoms with van der Waals surface area (Å²) in [6, 6.07) is 15.4. The summed E-state index contributed by atoms with van der Waals surface area (Å²) in [7, 11) is 0. The Morgan fingerprint density at radius 2 is 2.00 bits per heavy atom. The van der Waals surface area contributed by atoms with Crippen LogP contribution in [0.5, 0.6) is 5.75 Å². The quantitative estimate of drug-likeness (QED) is 0.826. The van der Waals surface area contributed by atoms with Crippen LogP contribution >= 0.6 is 15.9 Å². The van der Waals surface area contributed by atoms with Crippen molar-refractivity contribution >= 4 is 15.9 Å². The maximum atomic E-state index is 5.93. The number of nitrogens with one attached hydrogen (secondary N) is 1. The van der Waals surface area contributed by atoms with Gasteiger partial charge >= 0.3 is 0 Å². The first-order valence-corrected chi connectivity index (χ1v) is 8.21. The molecule has 0 heterocycles. The van der Waals surface area contributed by atoms with Gasteiger partial charge in [-0.3, -0.25) is 0 Å². The second kappa shape index (κ2) is 6.63. The maximum absolute atomic E-state index is 5.93. The molecule has 21 heavy (non-hydrogen) atoms. The highest BCUT2D eigenvalue weighted by Crippen LogP contribution is 2.28. The number of hydrogen-bond acceptors (Lipinski definition) is 2. The lowest BCUT2D eigenvalue weighted by Gasteiger charge is -2.11. The molecule has 110 valence electrons. The van der Waals surface area contributed by atoms with Gasteiger partial charge < -0.3 is 10.1 Å². The van der Waals surface area contributed by atoms with Crippen molar-refractivity contribution in [2.45, 2.75) is 39.0 Å². The average Bonchev–Trinajstić information content (AvgIpc) is 3.30. The van der Waals surface area contributed by atoms with E-state index in [4.69, 9.17) is 4.74 Å². The number of hydrogen-bond donors (Lipinski definition) is 1. The van der Waals surface area contributed by atoms with E-state index in [1.165, 1.54) is 29.5 Å². The minimum absolute atomic E-state index is 0.602. The van der Waals surface area contributed by atoms with Gasteiger partial charge in [0.15, 0.2) is 0 Å². The largest absolute Gasteiger partial charge is 0.488 e. The average molecular weight is 346 g/mol. The first-order chi connectivity index (χ1) is 10.2. The van der Waals surface area contributed by atoms with Gasteiger partial charge in [-0.25, -0.2) is 0 Å². The van der Waals surface area contributed by atoms with Gasteiger partial charge in [0.1, 0.15) is 12.4 Å². The summed E-state index contributed by atoms with van der Waals surface area (Å²) in [5.74, 6) is 0.897. The number of rotatable bonds is 6. The fourth-order valence-electron chi connectivity index (χ4n) is 2.25. The normalized spacial score (nSPS) is 14.2. The first-order valence-electron chi connectivity index (χ1n) is 7.41. The monoisotopic (exact) mass is 345 g/mol. The number of ether oxygens (including phenoxy) is 1. The van der Waals surface area contributed by atoms with E-state index < -0.39 is 0 Å². The van der Waals surface area contributed by atoms with E-state index in [1.807, 2.05) is 12.1 Å². The second-order valence-corrected chi connectivity index (χ2v) is 6.49. The van der Waals surface area contributed by atoms with Crippen LogP contribution in [-0.2, 0) is 13.2 Å². The summed E-state index contributed by atoms with van der Waals surface area (Å²) in [4.78, 5) is 0. The SMILES string of the molecule is Cc1ccccc1COc1ccc(CNC2CC2)cc1Br. The fraction of sp³-hybridized carbons (Fsp3) is 0.333. The summed E-state index contributed by atoms with van der Waals surface area (Å²) in [5, 5.41) is 3.52. The molecular weight excluding hydrogens is 326 g/mol. The van der Waals surface area contributed by atoms with E-state index in [2.05, 4.69) is 58.5 Å². The van der Waals surface area contributed by atoms with Crippen LogP contribution in [0.2, 0.25) is 0 Å². The minimum Gasteiger partial charge on any atom is -0.488 e. The third-order valence-corrected chi connectivity index (χ3v) is 4.43. The first kappa shape index (κ1) is 14.6. The zero-order chi connectivity index (χ0) is 14.7. The molecule has 0 radical (unpaired) electrons. The number of halogens is 1. The van der Waals surface area contributed by atoms with Gasteiger partial charge in [-0.1, -0.05) is 30.3 Å². The molecule has 2 aromatic carbocycles. The lowest BCUT2D eigenvalue weighted by Crippen LogP contribution is -2.15. The molecule has 2 nitrogen and oxygen atoms in total. The van der Waals surface area contributed by atoms with Crippen molar-refractivity contribution in [2.75, 3.05) is 0 Å². The molecule has 1 saturated carbocycles. The molecule has 0 saturated heterocycles. The van der Waals surface area contributed by atoms with Gasteiger partial charge in [0.25, 0.3) is 0 Å². The van der Waals surface area contributed by atoms with Crippen LogP contribution in [-0.4, -0.2) is 6.04 Å². The van der Waals surface area contributed by atoms with Crippen molar-refractivity contribution in [3.63, 3.8) is 0 Å². The Labute approximate surface area is 134 Å².